The summed E-state index contributed by atoms with van der Waals surface area (Å²) in [7, 11) is 0. The molecular weight excluding hydrogens is 648 g/mol. The van der Waals surface area contributed by atoms with Gasteiger partial charge in [0.2, 0.25) is 17.7 Å². The maximum atomic E-state index is 14.8. The van der Waals surface area contributed by atoms with Crippen LogP contribution in [0.2, 0.25) is 0 Å². The summed E-state index contributed by atoms with van der Waals surface area (Å²) in [5, 5.41) is 5.59. The second kappa shape index (κ2) is 18.7. The van der Waals surface area contributed by atoms with Gasteiger partial charge in [0.25, 0.3) is 0 Å². The Kier molecular flexibility index (Phi) is 15.7. The highest BCUT2D eigenvalue weighted by Crippen LogP contribution is 2.30. The first kappa shape index (κ1) is 42.8. The Morgan fingerprint density at radius 1 is 0.765 bits per heavy atom. The van der Waals surface area contributed by atoms with Crippen molar-refractivity contribution >= 4 is 29.8 Å². The summed E-state index contributed by atoms with van der Waals surface area (Å²) in [5.74, 6) is -2.15. The lowest BCUT2D eigenvalue weighted by molar-refractivity contribution is -0.159. The molecule has 0 aromatic heterocycles. The zero-order chi connectivity index (χ0) is 38.7. The van der Waals surface area contributed by atoms with Crippen molar-refractivity contribution in [3.8, 4) is 0 Å². The lowest BCUT2D eigenvalue weighted by Crippen LogP contribution is -2.57. The van der Waals surface area contributed by atoms with Gasteiger partial charge in [0.05, 0.1) is 0 Å². The summed E-state index contributed by atoms with van der Waals surface area (Å²) < 4.78 is 11.2. The minimum absolute atomic E-state index is 0.114. The molecule has 4 amide bonds. The van der Waals surface area contributed by atoms with Crippen LogP contribution in [0.3, 0.4) is 0 Å². The first-order valence-corrected chi connectivity index (χ1v) is 17.8. The lowest BCUT2D eigenvalue weighted by Gasteiger charge is -2.39. The molecule has 0 spiro atoms. The molecule has 2 aromatic carbocycles. The van der Waals surface area contributed by atoms with Crippen molar-refractivity contribution in [2.45, 2.75) is 144 Å². The van der Waals surface area contributed by atoms with Crippen LogP contribution in [-0.4, -0.2) is 64.0 Å². The molecular formula is C40H60N4O7. The Bertz CT molecular complexity index is 1490. The molecule has 0 aliphatic carbocycles. The van der Waals surface area contributed by atoms with E-state index in [9.17, 15) is 24.0 Å². The number of esters is 1. The second-order valence-corrected chi connectivity index (χ2v) is 15.8. The van der Waals surface area contributed by atoms with Gasteiger partial charge in [0.15, 0.2) is 0 Å². The largest absolute Gasteiger partial charge is 0.458 e. The summed E-state index contributed by atoms with van der Waals surface area (Å²) in [4.78, 5) is 69.7. The normalized spacial score (nSPS) is 14.1. The van der Waals surface area contributed by atoms with Crippen molar-refractivity contribution in [3.63, 3.8) is 0 Å². The maximum absolute atomic E-state index is 14.8. The number of carbonyl (C=O) groups excluding carboxylic acids is 5. The number of aryl methyl sites for hydroxylation is 2. The molecule has 11 nitrogen and oxygen atoms in total. The zero-order valence-corrected chi connectivity index (χ0v) is 32.4. The fourth-order valence-electron chi connectivity index (χ4n) is 5.53. The number of rotatable bonds is 16. The number of ether oxygens (including phenoxy) is 2. The minimum atomic E-state index is -1.25. The number of hydrogen-bond acceptors (Lipinski definition) is 7. The molecule has 282 valence electrons. The number of benzene rings is 2. The molecule has 0 saturated carbocycles. The number of nitrogens with one attached hydrogen (secondary N) is 2. The fourth-order valence-corrected chi connectivity index (χ4v) is 5.53. The molecule has 2 aromatic rings. The predicted octanol–water partition coefficient (Wildman–Crippen LogP) is 6.23. The molecule has 0 radical (unpaired) electrons. The van der Waals surface area contributed by atoms with Crippen LogP contribution >= 0.6 is 0 Å². The standard InChI is InChI=1S/C40H60N4O7/c1-25(2)17-19-28(5)44(36(47)31(21-22-33(41)45)43-38(49)51-40(9,10)11)34(30-20-18-26(3)27(4)23-30)35(46)42-32(37(48)50-39(6,7)8)24-29-15-13-12-14-16-29/h12-16,18,20,23,25,28,31-32,34H,17,19,21-22,24H2,1-11H3,(H2,41,45)(H,42,46)(H,43,49). The van der Waals surface area contributed by atoms with Gasteiger partial charge < -0.3 is 30.7 Å². The molecule has 0 bridgehead atoms. The third kappa shape index (κ3) is 14.8. The van der Waals surface area contributed by atoms with E-state index in [1.165, 1.54) is 4.90 Å². The Morgan fingerprint density at radius 2 is 1.37 bits per heavy atom. The van der Waals surface area contributed by atoms with Gasteiger partial charge in [-0.2, -0.15) is 0 Å². The lowest BCUT2D eigenvalue weighted by atomic mass is 9.94. The predicted molar refractivity (Wildman–Crippen MR) is 199 cm³/mol. The van der Waals surface area contributed by atoms with Crippen molar-refractivity contribution < 1.29 is 33.4 Å². The maximum Gasteiger partial charge on any atom is 0.408 e. The molecule has 0 heterocycles. The Hall–Kier alpha value is -4.41. The Labute approximate surface area is 304 Å². The molecule has 51 heavy (non-hydrogen) atoms. The monoisotopic (exact) mass is 708 g/mol. The minimum Gasteiger partial charge on any atom is -0.458 e. The Morgan fingerprint density at radius 3 is 1.90 bits per heavy atom. The van der Waals surface area contributed by atoms with Crippen molar-refractivity contribution in [2.24, 2.45) is 11.7 Å². The summed E-state index contributed by atoms with van der Waals surface area (Å²) in [6.45, 7) is 20.2. The number of nitrogens with zero attached hydrogens (tertiary/aromatic N) is 1. The molecule has 0 saturated heterocycles. The van der Waals surface area contributed by atoms with Crippen LogP contribution in [0.5, 0.6) is 0 Å². The second-order valence-electron chi connectivity index (χ2n) is 15.8. The summed E-state index contributed by atoms with van der Waals surface area (Å²) in [6, 6.07) is 10.7. The van der Waals surface area contributed by atoms with Crippen molar-refractivity contribution in [1.29, 1.82) is 0 Å². The molecule has 0 aliphatic rings. The average Bonchev–Trinajstić information content (AvgIpc) is 3.00. The van der Waals surface area contributed by atoms with Gasteiger partial charge in [0.1, 0.15) is 29.3 Å². The smallest absolute Gasteiger partial charge is 0.408 e. The fraction of sp³-hybridized carbons (Fsp3) is 0.575. The molecule has 0 aliphatic heterocycles. The van der Waals surface area contributed by atoms with Gasteiger partial charge in [-0.15, -0.1) is 0 Å². The Balaban J connectivity index is 2.77. The number of alkyl carbamates (subject to hydrolysis) is 1. The number of amides is 4. The van der Waals surface area contributed by atoms with E-state index in [0.29, 0.717) is 17.9 Å². The van der Waals surface area contributed by atoms with Crippen molar-refractivity contribution in [3.05, 3.63) is 70.8 Å². The quantitative estimate of drug-likeness (QED) is 0.175. The number of nitrogens with two attached hydrogens (primary N) is 1. The number of hydrogen-bond donors (Lipinski definition) is 3. The molecule has 4 unspecified atom stereocenters. The third-order valence-corrected chi connectivity index (χ3v) is 8.22. The highest BCUT2D eigenvalue weighted by atomic mass is 16.6. The van der Waals surface area contributed by atoms with Crippen LogP contribution in [0.4, 0.5) is 4.79 Å². The topological polar surface area (TPSA) is 157 Å². The van der Waals surface area contributed by atoms with Crippen LogP contribution in [0.15, 0.2) is 48.5 Å². The highest BCUT2D eigenvalue weighted by molar-refractivity contribution is 5.94. The van der Waals surface area contributed by atoms with Crippen LogP contribution in [0, 0.1) is 19.8 Å². The van der Waals surface area contributed by atoms with E-state index in [4.69, 9.17) is 15.2 Å². The van der Waals surface area contributed by atoms with E-state index < -0.39 is 65.2 Å². The number of primary amides is 1. The third-order valence-electron chi connectivity index (χ3n) is 8.22. The summed E-state index contributed by atoms with van der Waals surface area (Å²) >= 11 is 0. The van der Waals surface area contributed by atoms with Gasteiger partial charge in [0, 0.05) is 18.9 Å². The van der Waals surface area contributed by atoms with Gasteiger partial charge in [-0.05, 0) is 110 Å². The van der Waals surface area contributed by atoms with Crippen LogP contribution < -0.4 is 16.4 Å². The SMILES string of the molecule is Cc1ccc(C(C(=O)NC(Cc2ccccc2)C(=O)OC(C)(C)C)N(C(=O)C(CCC(N)=O)NC(=O)OC(C)(C)C)C(C)CCC(C)C)cc1C. The van der Waals surface area contributed by atoms with E-state index in [2.05, 4.69) is 24.5 Å². The summed E-state index contributed by atoms with van der Waals surface area (Å²) in [5.41, 5.74) is 7.04. The first-order chi connectivity index (χ1) is 23.6. The van der Waals surface area contributed by atoms with Gasteiger partial charge in [-0.3, -0.25) is 14.4 Å². The molecule has 11 heteroatoms. The van der Waals surface area contributed by atoms with Crippen LogP contribution in [0.25, 0.3) is 0 Å². The van der Waals surface area contributed by atoms with Crippen LogP contribution in [-0.2, 0) is 35.1 Å². The van der Waals surface area contributed by atoms with E-state index in [0.717, 1.165) is 23.1 Å². The number of carbonyl (C=O) groups is 5. The van der Waals surface area contributed by atoms with Gasteiger partial charge in [-0.25, -0.2) is 9.59 Å². The van der Waals surface area contributed by atoms with E-state index >= 15 is 0 Å². The highest BCUT2D eigenvalue weighted by Gasteiger charge is 2.40. The molecule has 4 atom stereocenters. The van der Waals surface area contributed by atoms with E-state index in [1.54, 1.807) is 47.6 Å². The van der Waals surface area contributed by atoms with Gasteiger partial charge >= 0.3 is 12.1 Å². The van der Waals surface area contributed by atoms with Crippen molar-refractivity contribution in [2.75, 3.05) is 0 Å². The molecule has 0 fully saturated rings. The van der Waals surface area contributed by atoms with Crippen LogP contribution in [0.1, 0.15) is 116 Å². The zero-order valence-electron chi connectivity index (χ0n) is 32.4. The first-order valence-electron chi connectivity index (χ1n) is 17.8. The van der Waals surface area contributed by atoms with Crippen molar-refractivity contribution in [1.82, 2.24) is 15.5 Å². The molecule has 4 N–H and O–H groups in total. The van der Waals surface area contributed by atoms with Gasteiger partial charge in [-0.1, -0.05) is 62.4 Å². The molecule has 2 rings (SSSR count). The van der Waals surface area contributed by atoms with E-state index in [-0.39, 0.29) is 19.3 Å². The average molecular weight is 709 g/mol. The van der Waals surface area contributed by atoms with E-state index in [1.807, 2.05) is 63.2 Å². The summed E-state index contributed by atoms with van der Waals surface area (Å²) in [6.07, 6.45) is 0.271.